The van der Waals surface area contributed by atoms with Gasteiger partial charge >= 0.3 is 0 Å². The van der Waals surface area contributed by atoms with Gasteiger partial charge < -0.3 is 18.9 Å². The van der Waals surface area contributed by atoms with E-state index < -0.39 is 11.7 Å². The van der Waals surface area contributed by atoms with Crippen LogP contribution >= 0.6 is 0 Å². The molecule has 5 rings (SSSR count). The van der Waals surface area contributed by atoms with Gasteiger partial charge in [0.1, 0.15) is 6.54 Å². The highest BCUT2D eigenvalue weighted by Crippen LogP contribution is 2.35. The number of rotatable bonds is 6. The van der Waals surface area contributed by atoms with E-state index in [0.717, 1.165) is 17.6 Å². The fourth-order valence-electron chi connectivity index (χ4n) is 5.70. The zero-order valence-electron chi connectivity index (χ0n) is 20.1. The number of amides is 2. The second-order valence-corrected chi connectivity index (χ2v) is 9.49. The molecule has 8 heteroatoms. The number of Topliss-reactive ketones (excluding diaryl/α,β-unsaturated/α-hetero) is 1. The predicted molar refractivity (Wildman–Crippen MR) is 132 cm³/mol. The van der Waals surface area contributed by atoms with E-state index in [4.69, 9.17) is 0 Å². The number of hydrogen-bond donors (Lipinski definition) is 0. The molecule has 2 unspecified atom stereocenters. The first kappa shape index (κ1) is 23.1. The Bertz CT molecular complexity index is 1370. The van der Waals surface area contributed by atoms with E-state index in [9.17, 15) is 19.2 Å². The second-order valence-electron chi connectivity index (χ2n) is 9.49. The third-order valence-corrected chi connectivity index (χ3v) is 7.42. The number of nitrogens with zero attached hydrogens (tertiary/aromatic N) is 4. The molecule has 1 saturated heterocycles. The molecule has 2 aromatic heterocycles. The van der Waals surface area contributed by atoms with Crippen molar-refractivity contribution in [3.8, 4) is 0 Å². The lowest BCUT2D eigenvalue weighted by Crippen LogP contribution is -2.50. The van der Waals surface area contributed by atoms with Gasteiger partial charge in [0.2, 0.25) is 5.91 Å². The van der Waals surface area contributed by atoms with Crippen LogP contribution in [-0.2, 0) is 22.7 Å². The molecule has 2 amide bonds. The van der Waals surface area contributed by atoms with Crippen LogP contribution < -0.4 is 5.56 Å². The van der Waals surface area contributed by atoms with Gasteiger partial charge in [-0.05, 0) is 38.3 Å². The number of likely N-dealkylation sites (tertiary alicyclic amines) is 1. The van der Waals surface area contributed by atoms with Gasteiger partial charge in [-0.3, -0.25) is 19.2 Å². The van der Waals surface area contributed by atoms with Gasteiger partial charge in [0.05, 0.1) is 5.56 Å². The van der Waals surface area contributed by atoms with E-state index in [2.05, 4.69) is 0 Å². The number of carbonyl (C=O) groups excluding carboxylic acids is 3. The molecule has 35 heavy (non-hydrogen) atoms. The van der Waals surface area contributed by atoms with Gasteiger partial charge in [0, 0.05) is 67.5 Å². The Hall–Kier alpha value is -3.68. The Labute approximate surface area is 203 Å². The van der Waals surface area contributed by atoms with Crippen molar-refractivity contribution in [2.24, 2.45) is 5.92 Å². The van der Waals surface area contributed by atoms with E-state index in [1.54, 1.807) is 32.7 Å². The first-order valence-electron chi connectivity index (χ1n) is 12.3. The van der Waals surface area contributed by atoms with Gasteiger partial charge in [-0.1, -0.05) is 24.3 Å². The van der Waals surface area contributed by atoms with E-state index in [0.29, 0.717) is 43.7 Å². The van der Waals surface area contributed by atoms with Crippen LogP contribution in [0.4, 0.5) is 0 Å². The monoisotopic (exact) mass is 474 g/mol. The Morgan fingerprint density at radius 2 is 1.74 bits per heavy atom. The molecule has 0 aliphatic carbocycles. The molecule has 1 fully saturated rings. The van der Waals surface area contributed by atoms with Crippen LogP contribution in [0.25, 0.3) is 10.9 Å². The van der Waals surface area contributed by atoms with Gasteiger partial charge in [0.25, 0.3) is 17.2 Å². The molecule has 2 bridgehead atoms. The molecule has 0 spiro atoms. The summed E-state index contributed by atoms with van der Waals surface area (Å²) in [4.78, 5) is 55.3. The van der Waals surface area contributed by atoms with Crippen molar-refractivity contribution in [3.05, 3.63) is 70.3 Å². The van der Waals surface area contributed by atoms with Crippen LogP contribution in [0, 0.1) is 5.92 Å². The first-order valence-corrected chi connectivity index (χ1v) is 12.3. The Morgan fingerprint density at radius 3 is 2.51 bits per heavy atom. The molecule has 3 aromatic rings. The van der Waals surface area contributed by atoms with Crippen LogP contribution in [-0.4, -0.2) is 62.7 Å². The number of fused-ring (bicyclic) bond motifs is 5. The quantitative estimate of drug-likeness (QED) is 0.406. The largest absolute Gasteiger partial charge is 0.342 e. The predicted octanol–water partition coefficient (Wildman–Crippen LogP) is 2.50. The van der Waals surface area contributed by atoms with Gasteiger partial charge in [-0.15, -0.1) is 0 Å². The van der Waals surface area contributed by atoms with Crippen LogP contribution in [0.3, 0.4) is 0 Å². The Balaban J connectivity index is 1.41. The molecule has 2 aliphatic rings. The molecule has 2 atom stereocenters. The summed E-state index contributed by atoms with van der Waals surface area (Å²) in [7, 11) is 0. The highest BCUT2D eigenvalue weighted by Gasteiger charge is 2.38. The van der Waals surface area contributed by atoms with Crippen LogP contribution in [0.2, 0.25) is 0 Å². The molecule has 182 valence electrons. The number of likely N-dealkylation sites (N-methyl/N-ethyl adjacent to an activating group) is 1. The number of hydrogen-bond acceptors (Lipinski definition) is 4. The zero-order chi connectivity index (χ0) is 24.7. The van der Waals surface area contributed by atoms with E-state index >= 15 is 0 Å². The zero-order valence-corrected chi connectivity index (χ0v) is 20.1. The van der Waals surface area contributed by atoms with Crippen LogP contribution in [0.15, 0.2) is 53.5 Å². The summed E-state index contributed by atoms with van der Waals surface area (Å²) in [5.41, 5.74) is 2.00. The number of para-hydroxylation sites is 1. The lowest BCUT2D eigenvalue weighted by Gasteiger charge is -2.42. The molecule has 1 aromatic carbocycles. The normalized spacial score (nSPS) is 18.9. The summed E-state index contributed by atoms with van der Waals surface area (Å²) < 4.78 is 3.58. The van der Waals surface area contributed by atoms with E-state index in [-0.39, 0.29) is 29.8 Å². The van der Waals surface area contributed by atoms with Crippen molar-refractivity contribution >= 4 is 28.5 Å². The molecule has 2 aliphatic heterocycles. The fourth-order valence-corrected chi connectivity index (χ4v) is 5.70. The highest BCUT2D eigenvalue weighted by atomic mass is 16.2. The molecule has 4 heterocycles. The number of ketones is 1. The van der Waals surface area contributed by atoms with Crippen molar-refractivity contribution in [2.75, 3.05) is 26.2 Å². The third kappa shape index (κ3) is 4.07. The fraction of sp³-hybridized carbons (Fsp3) is 0.407. The standard InChI is InChI=1S/C27H30N4O4/c1-3-28(4-2)25(33)17-29-16-21(20-8-5-6-9-23(20)29)26(34)27(35)30-13-18-12-19(15-30)22-10-7-11-24(32)31(22)14-18/h5-11,16,18-19H,3-4,12-15,17H2,1-2H3. The third-order valence-electron chi connectivity index (χ3n) is 7.42. The van der Waals surface area contributed by atoms with Crippen LogP contribution in [0.1, 0.15) is 42.2 Å². The number of benzene rings is 1. The maximum absolute atomic E-state index is 13.5. The SMILES string of the molecule is CCN(CC)C(=O)Cn1cc(C(=O)C(=O)N2CC3CC(C2)c2cccc(=O)n2C3)c2ccccc21. The second kappa shape index (κ2) is 9.17. The van der Waals surface area contributed by atoms with Crippen molar-refractivity contribution in [2.45, 2.75) is 39.3 Å². The molecular weight excluding hydrogens is 444 g/mol. The van der Waals surface area contributed by atoms with Crippen molar-refractivity contribution in [3.63, 3.8) is 0 Å². The number of piperidine rings is 1. The average Bonchev–Trinajstić information content (AvgIpc) is 3.23. The smallest absolute Gasteiger partial charge is 0.295 e. The van der Waals surface area contributed by atoms with Crippen molar-refractivity contribution in [1.29, 1.82) is 0 Å². The van der Waals surface area contributed by atoms with Gasteiger partial charge in [0.15, 0.2) is 0 Å². The summed E-state index contributed by atoms with van der Waals surface area (Å²) in [5, 5.41) is 0.673. The minimum Gasteiger partial charge on any atom is -0.342 e. The number of carbonyl (C=O) groups is 3. The number of aromatic nitrogens is 2. The number of pyridine rings is 1. The summed E-state index contributed by atoms with van der Waals surface area (Å²) in [6, 6.07) is 12.7. The highest BCUT2D eigenvalue weighted by molar-refractivity contribution is 6.44. The Kier molecular flexibility index (Phi) is 6.05. The van der Waals surface area contributed by atoms with Gasteiger partial charge in [-0.25, -0.2) is 0 Å². The van der Waals surface area contributed by atoms with E-state index in [1.165, 1.54) is 0 Å². The molecule has 0 N–H and O–H groups in total. The molecular formula is C27H30N4O4. The summed E-state index contributed by atoms with van der Waals surface area (Å²) in [6.07, 6.45) is 2.56. The lowest BCUT2D eigenvalue weighted by molar-refractivity contribution is -0.131. The maximum Gasteiger partial charge on any atom is 0.295 e. The Morgan fingerprint density at radius 1 is 0.971 bits per heavy atom. The van der Waals surface area contributed by atoms with E-state index in [1.807, 2.05) is 48.7 Å². The van der Waals surface area contributed by atoms with Crippen molar-refractivity contribution in [1.82, 2.24) is 18.9 Å². The van der Waals surface area contributed by atoms with Crippen molar-refractivity contribution < 1.29 is 14.4 Å². The molecule has 0 saturated carbocycles. The van der Waals surface area contributed by atoms with Gasteiger partial charge in [-0.2, -0.15) is 0 Å². The maximum atomic E-state index is 13.5. The molecule has 8 nitrogen and oxygen atoms in total. The topological polar surface area (TPSA) is 84.6 Å². The summed E-state index contributed by atoms with van der Waals surface area (Å²) in [6.45, 7) is 6.66. The average molecular weight is 475 g/mol. The minimum atomic E-state index is -0.555. The summed E-state index contributed by atoms with van der Waals surface area (Å²) >= 11 is 0. The van der Waals surface area contributed by atoms with Crippen LogP contribution in [0.5, 0.6) is 0 Å². The summed E-state index contributed by atoms with van der Waals surface area (Å²) in [5.74, 6) is -0.920. The minimum absolute atomic E-state index is 0.0138. The lowest BCUT2D eigenvalue weighted by atomic mass is 9.83. The molecule has 0 radical (unpaired) electrons. The first-order chi connectivity index (χ1) is 16.9.